The number of ether oxygens (including phenoxy) is 1. The van der Waals surface area contributed by atoms with Gasteiger partial charge in [0.15, 0.2) is 0 Å². The van der Waals surface area contributed by atoms with E-state index in [1.54, 1.807) is 11.6 Å². The summed E-state index contributed by atoms with van der Waals surface area (Å²) in [7, 11) is 1.29. The third kappa shape index (κ3) is 4.47. The van der Waals surface area contributed by atoms with Gasteiger partial charge in [-0.1, -0.05) is 27.7 Å². The second-order valence-corrected chi connectivity index (χ2v) is 11.3. The molecular formula is C24H33N5O4S. The Morgan fingerprint density at radius 1 is 1.24 bits per heavy atom. The Hall–Kier alpha value is -2.75. The second-order valence-electron chi connectivity index (χ2n) is 10.4. The number of aromatic nitrogens is 3. The van der Waals surface area contributed by atoms with Crippen molar-refractivity contribution in [1.82, 2.24) is 25.2 Å². The highest BCUT2D eigenvalue weighted by molar-refractivity contribution is 7.09. The van der Waals surface area contributed by atoms with Crippen molar-refractivity contribution < 1.29 is 19.1 Å². The summed E-state index contributed by atoms with van der Waals surface area (Å²) in [5, 5.41) is 5.35. The van der Waals surface area contributed by atoms with Gasteiger partial charge in [-0.05, 0) is 23.7 Å². The second kappa shape index (κ2) is 9.13. The third-order valence-electron chi connectivity index (χ3n) is 7.95. The van der Waals surface area contributed by atoms with Crippen LogP contribution in [-0.4, -0.2) is 63.9 Å². The monoisotopic (exact) mass is 487 g/mol. The number of piperidine rings is 1. The molecule has 10 heteroatoms. The standard InChI is InChI=1S/C24H33N5O4S/c1-23(2)18(24(23,3)4)21(31)29-8-6-14(7-9-29)20-28-17(12-34-20)19(30)27-16(22(32)33-5)10-15-11-25-13-26-15/h11-14,16,18H,6-10H2,1-5H3,(H,25,26)(H,27,30). The van der Waals surface area contributed by atoms with E-state index in [2.05, 4.69) is 48.0 Å². The summed E-state index contributed by atoms with van der Waals surface area (Å²) in [5.74, 6) is -0.382. The summed E-state index contributed by atoms with van der Waals surface area (Å²) in [6, 6.07) is -0.840. The van der Waals surface area contributed by atoms with Gasteiger partial charge in [0.25, 0.3) is 5.91 Å². The Kier molecular flexibility index (Phi) is 6.54. The number of nitrogens with zero attached hydrogens (tertiary/aromatic N) is 3. The summed E-state index contributed by atoms with van der Waals surface area (Å²) in [4.78, 5) is 51.4. The first kappa shape index (κ1) is 24.4. The lowest BCUT2D eigenvalue weighted by atomic mass is 9.96. The van der Waals surface area contributed by atoms with Gasteiger partial charge in [0.1, 0.15) is 11.7 Å². The minimum Gasteiger partial charge on any atom is -0.467 e. The van der Waals surface area contributed by atoms with Gasteiger partial charge in [-0.15, -0.1) is 11.3 Å². The number of aromatic amines is 1. The maximum Gasteiger partial charge on any atom is 0.328 e. The van der Waals surface area contributed by atoms with E-state index in [0.717, 1.165) is 17.8 Å². The molecule has 1 unspecified atom stereocenters. The third-order valence-corrected chi connectivity index (χ3v) is 8.96. The number of amides is 2. The Labute approximate surface area is 203 Å². The molecular weight excluding hydrogens is 454 g/mol. The SMILES string of the molecule is COC(=O)C(Cc1cnc[nH]1)NC(=O)c1csc(C2CCN(C(=O)C3C(C)(C)C3(C)C)CC2)n1. The molecule has 0 spiro atoms. The number of hydrogen-bond donors (Lipinski definition) is 2. The topological polar surface area (TPSA) is 117 Å². The van der Waals surface area contributed by atoms with Crippen LogP contribution in [0.25, 0.3) is 0 Å². The predicted octanol–water partition coefficient (Wildman–Crippen LogP) is 2.77. The zero-order valence-electron chi connectivity index (χ0n) is 20.4. The van der Waals surface area contributed by atoms with E-state index >= 15 is 0 Å². The fraction of sp³-hybridized carbons (Fsp3) is 0.625. The van der Waals surface area contributed by atoms with E-state index in [9.17, 15) is 14.4 Å². The number of hydrogen-bond acceptors (Lipinski definition) is 7. The number of carbonyl (C=O) groups excluding carboxylic acids is 3. The number of nitrogens with one attached hydrogen (secondary N) is 2. The molecule has 1 atom stereocenters. The van der Waals surface area contributed by atoms with Crippen LogP contribution in [0.2, 0.25) is 0 Å². The fourth-order valence-corrected chi connectivity index (χ4v) is 6.08. The minimum absolute atomic E-state index is 0.0396. The summed E-state index contributed by atoms with van der Waals surface area (Å²) >= 11 is 1.45. The van der Waals surface area contributed by atoms with Gasteiger partial charge in [0.2, 0.25) is 5.91 Å². The molecule has 9 nitrogen and oxygen atoms in total. The van der Waals surface area contributed by atoms with Gasteiger partial charge in [-0.2, -0.15) is 0 Å². The number of methoxy groups -OCH3 is 1. The Bertz CT molecular complexity index is 1040. The van der Waals surface area contributed by atoms with Crippen molar-refractivity contribution >= 4 is 29.1 Å². The molecule has 1 aliphatic carbocycles. The highest BCUT2D eigenvalue weighted by Crippen LogP contribution is 2.68. The van der Waals surface area contributed by atoms with Crippen LogP contribution in [0.1, 0.15) is 67.6 Å². The molecule has 0 aromatic carbocycles. The van der Waals surface area contributed by atoms with Crippen molar-refractivity contribution in [2.75, 3.05) is 20.2 Å². The van der Waals surface area contributed by atoms with Crippen molar-refractivity contribution in [1.29, 1.82) is 0 Å². The van der Waals surface area contributed by atoms with Gasteiger partial charge in [-0.25, -0.2) is 14.8 Å². The molecule has 184 valence electrons. The largest absolute Gasteiger partial charge is 0.467 e. The number of H-pyrrole nitrogens is 1. The maximum atomic E-state index is 13.0. The van der Waals surface area contributed by atoms with E-state index < -0.39 is 17.9 Å². The molecule has 2 N–H and O–H groups in total. The number of imidazole rings is 1. The fourth-order valence-electron chi connectivity index (χ4n) is 5.11. The van der Waals surface area contributed by atoms with Crippen LogP contribution in [0.4, 0.5) is 0 Å². The molecule has 2 amide bonds. The average molecular weight is 488 g/mol. The molecule has 0 radical (unpaired) electrons. The number of thiazole rings is 1. The van der Waals surface area contributed by atoms with Crippen LogP contribution in [0.5, 0.6) is 0 Å². The number of carbonyl (C=O) groups is 3. The quantitative estimate of drug-likeness (QED) is 0.580. The van der Waals surface area contributed by atoms with Gasteiger partial charge >= 0.3 is 5.97 Å². The van der Waals surface area contributed by atoms with Gasteiger partial charge in [0, 0.05) is 48.6 Å². The molecule has 2 aliphatic rings. The summed E-state index contributed by atoms with van der Waals surface area (Å²) in [6.45, 7) is 10.1. The first-order chi connectivity index (χ1) is 16.1. The van der Waals surface area contributed by atoms with Crippen molar-refractivity contribution in [3.05, 3.63) is 34.3 Å². The zero-order chi connectivity index (χ0) is 24.7. The zero-order valence-corrected chi connectivity index (χ0v) is 21.2. The molecule has 4 rings (SSSR count). The Morgan fingerprint density at radius 2 is 1.91 bits per heavy atom. The van der Waals surface area contributed by atoms with Gasteiger partial charge < -0.3 is 19.9 Å². The summed E-state index contributed by atoms with van der Waals surface area (Å²) in [5.41, 5.74) is 1.09. The van der Waals surface area contributed by atoms with Crippen LogP contribution < -0.4 is 5.32 Å². The molecule has 0 bridgehead atoms. The molecule has 3 heterocycles. The lowest BCUT2D eigenvalue weighted by Crippen LogP contribution is -2.43. The number of esters is 1. The first-order valence-electron chi connectivity index (χ1n) is 11.7. The normalized spacial score (nSPS) is 20.6. The molecule has 34 heavy (non-hydrogen) atoms. The lowest BCUT2D eigenvalue weighted by molar-refractivity contribution is -0.142. The Balaban J connectivity index is 1.34. The highest BCUT2D eigenvalue weighted by Gasteiger charge is 2.68. The van der Waals surface area contributed by atoms with Crippen LogP contribution >= 0.6 is 11.3 Å². The lowest BCUT2D eigenvalue weighted by Gasteiger charge is -2.31. The van der Waals surface area contributed by atoms with E-state index in [-0.39, 0.29) is 35.0 Å². The van der Waals surface area contributed by atoms with Crippen molar-refractivity contribution in [2.45, 2.75) is 58.9 Å². The van der Waals surface area contributed by atoms with Crippen molar-refractivity contribution in [3.63, 3.8) is 0 Å². The maximum absolute atomic E-state index is 13.0. The molecule has 2 aromatic heterocycles. The minimum atomic E-state index is -0.840. The molecule has 2 aromatic rings. The van der Waals surface area contributed by atoms with E-state index in [1.165, 1.54) is 24.8 Å². The smallest absolute Gasteiger partial charge is 0.328 e. The molecule has 2 fully saturated rings. The molecule has 1 saturated carbocycles. The summed E-state index contributed by atoms with van der Waals surface area (Å²) in [6.07, 6.45) is 5.03. The predicted molar refractivity (Wildman–Crippen MR) is 127 cm³/mol. The Morgan fingerprint density at radius 3 is 2.47 bits per heavy atom. The van der Waals surface area contributed by atoms with Crippen molar-refractivity contribution in [3.8, 4) is 0 Å². The van der Waals surface area contributed by atoms with Crippen LogP contribution in [0, 0.1) is 16.7 Å². The molecule has 1 saturated heterocycles. The van der Waals surface area contributed by atoms with E-state index in [1.807, 2.05) is 4.90 Å². The van der Waals surface area contributed by atoms with Crippen LogP contribution in [0.3, 0.4) is 0 Å². The van der Waals surface area contributed by atoms with E-state index in [4.69, 9.17) is 4.74 Å². The van der Waals surface area contributed by atoms with Crippen molar-refractivity contribution in [2.24, 2.45) is 16.7 Å². The average Bonchev–Trinajstić information content (AvgIpc) is 3.34. The molecule has 1 aliphatic heterocycles. The van der Waals surface area contributed by atoms with Crippen LogP contribution in [-0.2, 0) is 20.7 Å². The summed E-state index contributed by atoms with van der Waals surface area (Å²) < 4.78 is 4.84. The van der Waals surface area contributed by atoms with Crippen LogP contribution in [0.15, 0.2) is 17.9 Å². The number of rotatable bonds is 7. The van der Waals surface area contributed by atoms with Gasteiger partial charge in [0.05, 0.1) is 18.4 Å². The van der Waals surface area contributed by atoms with Gasteiger partial charge in [-0.3, -0.25) is 9.59 Å². The number of likely N-dealkylation sites (tertiary alicyclic amines) is 1. The highest BCUT2D eigenvalue weighted by atomic mass is 32.1. The first-order valence-corrected chi connectivity index (χ1v) is 12.5. The van der Waals surface area contributed by atoms with E-state index in [0.29, 0.717) is 24.5 Å².